The summed E-state index contributed by atoms with van der Waals surface area (Å²) in [6.07, 6.45) is 3.36. The first-order valence-electron chi connectivity index (χ1n) is 7.23. The summed E-state index contributed by atoms with van der Waals surface area (Å²) < 4.78 is 10.6. The van der Waals surface area contributed by atoms with Gasteiger partial charge in [0.1, 0.15) is 17.0 Å². The highest BCUT2D eigenvalue weighted by molar-refractivity contribution is 8.19. The van der Waals surface area contributed by atoms with Gasteiger partial charge in [-0.3, -0.25) is 10.2 Å². The first kappa shape index (κ1) is 17.2. The van der Waals surface area contributed by atoms with Gasteiger partial charge in [-0.25, -0.2) is 4.98 Å². The van der Waals surface area contributed by atoms with Crippen LogP contribution >= 0.6 is 23.1 Å². The lowest BCUT2D eigenvalue weighted by Crippen LogP contribution is -2.11. The number of carbonyl (C=O) groups is 1. The number of thiazole rings is 1. The molecule has 0 spiro atoms. The lowest BCUT2D eigenvalue weighted by molar-refractivity contribution is -0.114. The van der Waals surface area contributed by atoms with Crippen molar-refractivity contribution in [2.75, 3.05) is 13.7 Å². The zero-order chi connectivity index (χ0) is 17.8. The maximum absolute atomic E-state index is 12.6. The van der Waals surface area contributed by atoms with Gasteiger partial charge in [-0.15, -0.1) is 11.3 Å². The van der Waals surface area contributed by atoms with Crippen LogP contribution in [0.4, 0.5) is 0 Å². The number of hydrogen-bond acceptors (Lipinski definition) is 8. The SMILES string of the molecule is COc1cc(C=C2SC(=N)C(c3nccs3)C2=O)ccc1OCC#N. The molecule has 25 heavy (non-hydrogen) atoms. The van der Waals surface area contributed by atoms with Gasteiger partial charge in [0.25, 0.3) is 0 Å². The molecular weight excluding hydrogens is 358 g/mol. The van der Waals surface area contributed by atoms with Gasteiger partial charge < -0.3 is 9.47 Å². The molecule has 2 aromatic rings. The van der Waals surface area contributed by atoms with Crippen molar-refractivity contribution in [1.82, 2.24) is 4.98 Å². The summed E-state index contributed by atoms with van der Waals surface area (Å²) in [6, 6.07) is 7.10. The van der Waals surface area contributed by atoms with Gasteiger partial charge in [-0.1, -0.05) is 17.8 Å². The van der Waals surface area contributed by atoms with Crippen LogP contribution < -0.4 is 9.47 Å². The van der Waals surface area contributed by atoms with E-state index >= 15 is 0 Å². The molecule has 3 rings (SSSR count). The molecule has 1 fully saturated rings. The maximum atomic E-state index is 12.6. The van der Waals surface area contributed by atoms with E-state index in [1.165, 1.54) is 18.4 Å². The number of aromatic nitrogens is 1. The number of benzene rings is 1. The quantitative estimate of drug-likeness (QED) is 0.809. The minimum atomic E-state index is -0.601. The topological polar surface area (TPSA) is 96.1 Å². The van der Waals surface area contributed by atoms with Crippen LogP contribution in [-0.4, -0.2) is 29.5 Å². The average Bonchev–Trinajstić information content (AvgIpc) is 3.22. The van der Waals surface area contributed by atoms with Gasteiger partial charge in [-0.05, 0) is 23.8 Å². The third-order valence-electron chi connectivity index (χ3n) is 3.46. The van der Waals surface area contributed by atoms with Crippen molar-refractivity contribution in [3.63, 3.8) is 0 Å². The molecule has 1 aliphatic rings. The van der Waals surface area contributed by atoms with E-state index in [1.807, 2.05) is 6.07 Å². The Morgan fingerprint density at radius 3 is 2.96 bits per heavy atom. The maximum Gasteiger partial charge on any atom is 0.186 e. The Morgan fingerprint density at radius 1 is 1.44 bits per heavy atom. The summed E-state index contributed by atoms with van der Waals surface area (Å²) in [5, 5.41) is 19.4. The van der Waals surface area contributed by atoms with E-state index in [2.05, 4.69) is 4.98 Å². The van der Waals surface area contributed by atoms with Crippen molar-refractivity contribution >= 4 is 40.0 Å². The van der Waals surface area contributed by atoms with Crippen molar-refractivity contribution in [3.8, 4) is 17.6 Å². The Balaban J connectivity index is 1.87. The average molecular weight is 371 g/mol. The fraction of sp³-hybridized carbons (Fsp3) is 0.176. The minimum absolute atomic E-state index is 0.0716. The molecule has 1 aromatic heterocycles. The molecule has 0 bridgehead atoms. The normalized spacial score (nSPS) is 18.4. The van der Waals surface area contributed by atoms with E-state index in [9.17, 15) is 4.79 Å². The molecule has 0 radical (unpaired) electrons. The number of Topliss-reactive ketones (excluding diaryl/α,β-unsaturated/α-hetero) is 1. The van der Waals surface area contributed by atoms with Gasteiger partial charge in [0.05, 0.1) is 17.1 Å². The van der Waals surface area contributed by atoms with Crippen molar-refractivity contribution in [2.24, 2.45) is 0 Å². The lowest BCUT2D eigenvalue weighted by Gasteiger charge is -2.09. The van der Waals surface area contributed by atoms with E-state index in [0.29, 0.717) is 21.4 Å². The largest absolute Gasteiger partial charge is 0.493 e. The Hall–Kier alpha value is -2.63. The number of nitriles is 1. The first-order valence-corrected chi connectivity index (χ1v) is 8.93. The molecule has 8 heteroatoms. The summed E-state index contributed by atoms with van der Waals surface area (Å²) in [5.41, 5.74) is 0.754. The summed E-state index contributed by atoms with van der Waals surface area (Å²) in [4.78, 5) is 17.3. The monoisotopic (exact) mass is 371 g/mol. The summed E-state index contributed by atoms with van der Waals surface area (Å²) in [6.45, 7) is -0.0716. The van der Waals surface area contributed by atoms with Crippen LogP contribution in [0.1, 0.15) is 16.5 Å². The molecule has 1 N–H and O–H groups in total. The second kappa shape index (κ2) is 7.51. The Morgan fingerprint density at radius 2 is 2.28 bits per heavy atom. The van der Waals surface area contributed by atoms with Crippen molar-refractivity contribution < 1.29 is 14.3 Å². The zero-order valence-corrected chi connectivity index (χ0v) is 14.8. The van der Waals surface area contributed by atoms with Crippen molar-refractivity contribution in [1.29, 1.82) is 10.7 Å². The second-order valence-corrected chi connectivity index (χ2v) is 7.01. The number of ketones is 1. The van der Waals surface area contributed by atoms with E-state index in [4.69, 9.17) is 20.1 Å². The van der Waals surface area contributed by atoms with Gasteiger partial charge in [0.2, 0.25) is 0 Å². The third kappa shape index (κ3) is 3.57. The number of ether oxygens (including phenoxy) is 2. The first-order chi connectivity index (χ1) is 12.1. The Labute approximate surface area is 152 Å². The third-order valence-corrected chi connectivity index (χ3v) is 5.30. The second-order valence-electron chi connectivity index (χ2n) is 5.00. The molecule has 126 valence electrons. The van der Waals surface area contributed by atoms with Crippen LogP contribution in [0.25, 0.3) is 6.08 Å². The number of methoxy groups -OCH3 is 1. The van der Waals surface area contributed by atoms with E-state index in [-0.39, 0.29) is 17.4 Å². The number of allylic oxidation sites excluding steroid dienone is 1. The van der Waals surface area contributed by atoms with E-state index in [1.54, 1.807) is 35.9 Å². The predicted molar refractivity (Wildman–Crippen MR) is 97.3 cm³/mol. The van der Waals surface area contributed by atoms with Gasteiger partial charge >= 0.3 is 0 Å². The number of hydrogen-bond donors (Lipinski definition) is 1. The van der Waals surface area contributed by atoms with Crippen LogP contribution in [-0.2, 0) is 4.79 Å². The summed E-state index contributed by atoms with van der Waals surface area (Å²) >= 11 is 2.53. The van der Waals surface area contributed by atoms with Gasteiger partial charge in [-0.2, -0.15) is 5.26 Å². The molecule has 0 saturated carbocycles. The zero-order valence-electron chi connectivity index (χ0n) is 13.2. The van der Waals surface area contributed by atoms with Crippen LogP contribution in [0.2, 0.25) is 0 Å². The molecule has 2 heterocycles. The molecule has 1 atom stereocenters. The Kier molecular flexibility index (Phi) is 5.16. The molecule has 1 aromatic carbocycles. The van der Waals surface area contributed by atoms with Crippen LogP contribution in [0, 0.1) is 16.7 Å². The van der Waals surface area contributed by atoms with Crippen LogP contribution in [0.5, 0.6) is 11.5 Å². The standard InChI is InChI=1S/C17H13N3O3S2/c1-22-12-8-10(2-3-11(12)23-6-4-18)9-13-15(21)14(16(19)25-13)17-20-5-7-24-17/h2-3,5,7-9,14,19H,6H2,1H3. The highest BCUT2D eigenvalue weighted by Gasteiger charge is 2.38. The predicted octanol–water partition coefficient (Wildman–Crippen LogP) is 3.47. The number of nitrogens with zero attached hydrogens (tertiary/aromatic N) is 2. The van der Waals surface area contributed by atoms with Crippen molar-refractivity contribution in [2.45, 2.75) is 5.92 Å². The molecular formula is C17H13N3O3S2. The van der Waals surface area contributed by atoms with E-state index < -0.39 is 5.92 Å². The highest BCUT2D eigenvalue weighted by atomic mass is 32.2. The van der Waals surface area contributed by atoms with Crippen LogP contribution in [0.3, 0.4) is 0 Å². The number of thioether (sulfide) groups is 1. The Bertz CT molecular complexity index is 885. The molecule has 1 aliphatic heterocycles. The fourth-order valence-electron chi connectivity index (χ4n) is 2.35. The highest BCUT2D eigenvalue weighted by Crippen LogP contribution is 2.41. The number of nitrogens with one attached hydrogen (secondary N) is 1. The number of rotatable bonds is 5. The van der Waals surface area contributed by atoms with Gasteiger partial charge in [0, 0.05) is 11.6 Å². The minimum Gasteiger partial charge on any atom is -0.493 e. The molecule has 1 saturated heterocycles. The molecule has 6 nitrogen and oxygen atoms in total. The number of carbonyl (C=O) groups excluding carboxylic acids is 1. The summed E-state index contributed by atoms with van der Waals surface area (Å²) in [7, 11) is 1.51. The van der Waals surface area contributed by atoms with Crippen molar-refractivity contribution in [3.05, 3.63) is 45.3 Å². The molecule has 1 unspecified atom stereocenters. The molecule has 0 amide bonds. The molecule has 0 aliphatic carbocycles. The summed E-state index contributed by atoms with van der Waals surface area (Å²) in [5.74, 6) is 0.224. The van der Waals surface area contributed by atoms with Crippen LogP contribution in [0.15, 0.2) is 34.7 Å². The lowest BCUT2D eigenvalue weighted by atomic mass is 10.0. The van der Waals surface area contributed by atoms with Gasteiger partial charge in [0.15, 0.2) is 23.9 Å². The fourth-order valence-corrected chi connectivity index (χ4v) is 4.15. The van der Waals surface area contributed by atoms with E-state index in [0.717, 1.165) is 17.3 Å². The smallest absolute Gasteiger partial charge is 0.186 e.